The number of benzene rings is 1. The van der Waals surface area contributed by atoms with E-state index in [-0.39, 0.29) is 0 Å². The van der Waals surface area contributed by atoms with Gasteiger partial charge in [-0.25, -0.2) is 4.79 Å². The molecule has 0 fully saturated rings. The third-order valence-corrected chi connectivity index (χ3v) is 3.31. The normalized spacial score (nSPS) is 23.2. The summed E-state index contributed by atoms with van der Waals surface area (Å²) in [5.74, 6) is -0.887. The van der Waals surface area contributed by atoms with Crippen molar-refractivity contribution in [3.63, 3.8) is 0 Å². The van der Waals surface area contributed by atoms with Gasteiger partial charge in [0.05, 0.1) is 11.6 Å². The van der Waals surface area contributed by atoms with Crippen LogP contribution in [-0.4, -0.2) is 20.2 Å². The van der Waals surface area contributed by atoms with Gasteiger partial charge >= 0.3 is 5.97 Å². The summed E-state index contributed by atoms with van der Waals surface area (Å²) in [4.78, 5) is 11.3. The van der Waals surface area contributed by atoms with Crippen molar-refractivity contribution in [3.05, 3.63) is 40.4 Å². The lowest BCUT2D eigenvalue weighted by atomic mass is 10.1. The first-order valence-corrected chi connectivity index (χ1v) is 5.72. The molecule has 2 rings (SSSR count). The van der Waals surface area contributed by atoms with Crippen LogP contribution in [0.25, 0.3) is 0 Å². The Morgan fingerprint density at radius 3 is 2.29 bits per heavy atom. The highest BCUT2D eigenvalue weighted by atomic mass is 79.9. The van der Waals surface area contributed by atoms with Crippen molar-refractivity contribution >= 4 is 21.9 Å². The molecular formula is C12H11BrO4. The molecule has 1 atom stereocenters. The molecule has 0 saturated heterocycles. The summed E-state index contributed by atoms with van der Waals surface area (Å²) in [5.41, 5.74) is 0.717. The first-order chi connectivity index (χ1) is 8.12. The summed E-state index contributed by atoms with van der Waals surface area (Å²) < 4.78 is 16.2. The average molecular weight is 299 g/mol. The maximum atomic E-state index is 11.3. The van der Waals surface area contributed by atoms with Gasteiger partial charge in [-0.15, -0.1) is 0 Å². The van der Waals surface area contributed by atoms with Gasteiger partial charge in [-0.2, -0.15) is 0 Å². The highest BCUT2D eigenvalue weighted by Gasteiger charge is 2.44. The maximum Gasteiger partial charge on any atom is 0.334 e. The molecule has 0 bridgehead atoms. The standard InChI is InChI=1S/C12H11BrO4/c1-15-9-5-3-8(4-6-9)12(16-2)10(13)7-11(14)17-12/h3-7H,1-2H3. The molecule has 5 heteroatoms. The van der Waals surface area contributed by atoms with Crippen LogP contribution >= 0.6 is 15.9 Å². The zero-order valence-corrected chi connectivity index (χ0v) is 11.0. The van der Waals surface area contributed by atoms with E-state index in [4.69, 9.17) is 14.2 Å². The van der Waals surface area contributed by atoms with Gasteiger partial charge in [-0.1, -0.05) is 0 Å². The minimum absolute atomic E-state index is 0.436. The lowest BCUT2D eigenvalue weighted by molar-refractivity contribution is -0.194. The Morgan fingerprint density at radius 1 is 1.24 bits per heavy atom. The molecule has 1 aliphatic heterocycles. The van der Waals surface area contributed by atoms with Crippen LogP contribution in [0.5, 0.6) is 5.75 Å². The molecule has 0 amide bonds. The number of carbonyl (C=O) groups is 1. The van der Waals surface area contributed by atoms with E-state index < -0.39 is 11.8 Å². The third kappa shape index (κ3) is 1.96. The molecule has 4 nitrogen and oxygen atoms in total. The zero-order chi connectivity index (χ0) is 12.5. The van der Waals surface area contributed by atoms with Crippen LogP contribution in [0.2, 0.25) is 0 Å². The fourth-order valence-electron chi connectivity index (χ4n) is 1.68. The number of esters is 1. The van der Waals surface area contributed by atoms with E-state index in [0.717, 1.165) is 11.3 Å². The summed E-state index contributed by atoms with van der Waals surface area (Å²) in [6.45, 7) is 0. The topological polar surface area (TPSA) is 44.8 Å². The number of hydrogen-bond acceptors (Lipinski definition) is 4. The Labute approximate surface area is 107 Å². The monoisotopic (exact) mass is 298 g/mol. The zero-order valence-electron chi connectivity index (χ0n) is 9.40. The van der Waals surface area contributed by atoms with E-state index in [9.17, 15) is 4.79 Å². The van der Waals surface area contributed by atoms with Gasteiger partial charge in [0.1, 0.15) is 5.75 Å². The van der Waals surface area contributed by atoms with Crippen LogP contribution in [0, 0.1) is 0 Å². The molecule has 0 saturated carbocycles. The molecule has 1 aliphatic rings. The van der Waals surface area contributed by atoms with Crippen molar-refractivity contribution in [2.75, 3.05) is 14.2 Å². The molecule has 0 aromatic heterocycles. The van der Waals surface area contributed by atoms with Gasteiger partial charge in [0.15, 0.2) is 0 Å². The summed E-state index contributed by atoms with van der Waals surface area (Å²) in [6, 6.07) is 7.14. The van der Waals surface area contributed by atoms with Crippen LogP contribution in [-0.2, 0) is 20.1 Å². The summed E-state index contributed by atoms with van der Waals surface area (Å²) in [5, 5.41) is 0. The van der Waals surface area contributed by atoms with E-state index in [1.54, 1.807) is 31.4 Å². The van der Waals surface area contributed by atoms with Gasteiger partial charge < -0.3 is 14.2 Å². The van der Waals surface area contributed by atoms with Crippen molar-refractivity contribution in [2.24, 2.45) is 0 Å². The quantitative estimate of drug-likeness (QED) is 0.804. The average Bonchev–Trinajstić information content (AvgIpc) is 2.65. The second-order valence-electron chi connectivity index (χ2n) is 3.46. The van der Waals surface area contributed by atoms with Crippen molar-refractivity contribution in [2.45, 2.75) is 5.79 Å². The Morgan fingerprint density at radius 2 is 1.88 bits per heavy atom. The summed E-state index contributed by atoms with van der Waals surface area (Å²) in [7, 11) is 3.07. The molecule has 17 heavy (non-hydrogen) atoms. The van der Waals surface area contributed by atoms with Gasteiger partial charge in [0, 0.05) is 18.7 Å². The second kappa shape index (κ2) is 4.50. The van der Waals surface area contributed by atoms with Crippen LogP contribution in [0.4, 0.5) is 0 Å². The van der Waals surface area contributed by atoms with E-state index in [1.807, 2.05) is 0 Å². The maximum absolute atomic E-state index is 11.3. The van der Waals surface area contributed by atoms with Gasteiger partial charge in [-0.3, -0.25) is 0 Å². The fourth-order valence-corrected chi connectivity index (χ4v) is 2.34. The third-order valence-electron chi connectivity index (χ3n) is 2.56. The van der Waals surface area contributed by atoms with Gasteiger partial charge in [-0.05, 0) is 40.2 Å². The number of carbonyl (C=O) groups excluding carboxylic acids is 1. The first kappa shape index (κ1) is 12.1. The first-order valence-electron chi connectivity index (χ1n) is 4.92. The minimum Gasteiger partial charge on any atom is -0.497 e. The Balaban J connectivity index is 2.42. The molecule has 0 radical (unpaired) electrons. The van der Waals surface area contributed by atoms with E-state index >= 15 is 0 Å². The highest BCUT2D eigenvalue weighted by molar-refractivity contribution is 9.11. The van der Waals surface area contributed by atoms with Gasteiger partial charge in [0.2, 0.25) is 0 Å². The van der Waals surface area contributed by atoms with Crippen LogP contribution in [0.3, 0.4) is 0 Å². The SMILES string of the molecule is COc1ccc(C2(OC)OC(=O)C=C2Br)cc1. The predicted octanol–water partition coefficient (Wildman–Crippen LogP) is 2.33. The molecule has 1 aromatic rings. The number of methoxy groups -OCH3 is 2. The molecular weight excluding hydrogens is 288 g/mol. The molecule has 1 unspecified atom stereocenters. The highest BCUT2D eigenvalue weighted by Crippen LogP contribution is 2.42. The fraction of sp³-hybridized carbons (Fsp3) is 0.250. The molecule has 1 aromatic carbocycles. The lowest BCUT2D eigenvalue weighted by Crippen LogP contribution is -2.29. The number of ether oxygens (including phenoxy) is 3. The Kier molecular flexibility index (Phi) is 3.22. The molecule has 1 heterocycles. The Hall–Kier alpha value is -1.33. The van der Waals surface area contributed by atoms with Crippen LogP contribution < -0.4 is 4.74 Å². The lowest BCUT2D eigenvalue weighted by Gasteiger charge is -2.27. The molecule has 0 N–H and O–H groups in total. The molecule has 0 aliphatic carbocycles. The van der Waals surface area contributed by atoms with Gasteiger partial charge in [0.25, 0.3) is 5.79 Å². The molecule has 90 valence electrons. The van der Waals surface area contributed by atoms with Crippen LogP contribution in [0.1, 0.15) is 5.56 Å². The number of halogens is 1. The van der Waals surface area contributed by atoms with Crippen molar-refractivity contribution in [1.82, 2.24) is 0 Å². The summed E-state index contributed by atoms with van der Waals surface area (Å²) >= 11 is 3.29. The Bertz CT molecular complexity index is 466. The second-order valence-corrected chi connectivity index (χ2v) is 4.32. The molecule has 0 spiro atoms. The largest absolute Gasteiger partial charge is 0.497 e. The van der Waals surface area contributed by atoms with E-state index in [2.05, 4.69) is 15.9 Å². The van der Waals surface area contributed by atoms with E-state index in [0.29, 0.717) is 4.48 Å². The van der Waals surface area contributed by atoms with Crippen molar-refractivity contribution in [1.29, 1.82) is 0 Å². The van der Waals surface area contributed by atoms with Crippen molar-refractivity contribution in [3.8, 4) is 5.75 Å². The summed E-state index contributed by atoms with van der Waals surface area (Å²) in [6.07, 6.45) is 1.35. The predicted molar refractivity (Wildman–Crippen MR) is 64.8 cm³/mol. The van der Waals surface area contributed by atoms with Crippen LogP contribution in [0.15, 0.2) is 34.8 Å². The number of hydrogen-bond donors (Lipinski definition) is 0. The van der Waals surface area contributed by atoms with E-state index in [1.165, 1.54) is 13.2 Å². The van der Waals surface area contributed by atoms with Crippen molar-refractivity contribution < 1.29 is 19.0 Å². The number of cyclic esters (lactones) is 1. The minimum atomic E-state index is -1.18. The smallest absolute Gasteiger partial charge is 0.334 e. The number of rotatable bonds is 3.